The van der Waals surface area contributed by atoms with Crippen molar-refractivity contribution in [2.24, 2.45) is 0 Å². The Hall–Kier alpha value is -1.96. The first kappa shape index (κ1) is 17.8. The number of ether oxygens (including phenoxy) is 1. The van der Waals surface area contributed by atoms with E-state index in [2.05, 4.69) is 41.1 Å². The van der Waals surface area contributed by atoms with Gasteiger partial charge >= 0.3 is 0 Å². The lowest BCUT2D eigenvalue weighted by Crippen LogP contribution is -2.33. The summed E-state index contributed by atoms with van der Waals surface area (Å²) in [5, 5.41) is 30.2. The molecule has 5 N–H and O–H groups in total. The van der Waals surface area contributed by atoms with Gasteiger partial charge in [-0.2, -0.15) is 0 Å². The number of fused-ring (bicyclic) bond motifs is 1. The van der Waals surface area contributed by atoms with Gasteiger partial charge in [0.2, 0.25) is 0 Å². The van der Waals surface area contributed by atoms with Gasteiger partial charge in [0.05, 0.1) is 17.6 Å². The molecule has 1 aliphatic heterocycles. The Labute approximate surface area is 146 Å². The number of rotatable bonds is 2. The van der Waals surface area contributed by atoms with Crippen molar-refractivity contribution in [1.29, 1.82) is 0 Å². The lowest BCUT2D eigenvalue weighted by Gasteiger charge is -2.17. The Morgan fingerprint density at radius 2 is 2.00 bits per heavy atom. The molecule has 3 rings (SSSR count). The smallest absolute Gasteiger partial charge is 0.164 e. The van der Waals surface area contributed by atoms with Gasteiger partial charge in [-0.1, -0.05) is 25.6 Å². The first-order valence-electron chi connectivity index (χ1n) is 7.99. The van der Waals surface area contributed by atoms with Gasteiger partial charge in [0.15, 0.2) is 6.23 Å². The highest BCUT2D eigenvalue weighted by molar-refractivity contribution is 6.83. The third-order valence-corrected chi connectivity index (χ3v) is 4.88. The van der Waals surface area contributed by atoms with E-state index in [-0.39, 0.29) is 5.82 Å². The van der Waals surface area contributed by atoms with E-state index < -0.39 is 39.2 Å². The molecule has 25 heavy (non-hydrogen) atoms. The molecule has 2 unspecified atom stereocenters. The van der Waals surface area contributed by atoms with Gasteiger partial charge in [-0.05, 0) is 0 Å². The van der Waals surface area contributed by atoms with Crippen LogP contribution in [0.2, 0.25) is 19.6 Å². The number of aliphatic hydroxyl groups is 3. The molecule has 0 bridgehead atoms. The standard InChI is InChI=1S/C16H22N4O4Si/c1-25(2,3)5-4-9-6-20(15-11(9)14(17)18-8-19-15)16-13(23)12(22)10(7-21)24-16/h6,8,10,12-13,16,21-23H,7H2,1-3H3,(H2,17,18,19)/t10-,12?,13?,16-/m1/s1. The third-order valence-electron chi connectivity index (χ3n) is 4.00. The lowest BCUT2D eigenvalue weighted by molar-refractivity contribution is -0.0508. The van der Waals surface area contributed by atoms with Crippen LogP contribution < -0.4 is 5.73 Å². The van der Waals surface area contributed by atoms with E-state index in [0.29, 0.717) is 16.6 Å². The molecule has 8 nitrogen and oxygen atoms in total. The summed E-state index contributed by atoms with van der Waals surface area (Å²) in [5.74, 6) is 3.43. The van der Waals surface area contributed by atoms with Crippen LogP contribution in [0, 0.1) is 11.5 Å². The molecule has 0 amide bonds. The summed E-state index contributed by atoms with van der Waals surface area (Å²) >= 11 is 0. The summed E-state index contributed by atoms with van der Waals surface area (Å²) in [7, 11) is -1.61. The Bertz CT molecular complexity index is 851. The molecule has 1 aliphatic rings. The molecule has 1 saturated heterocycles. The topological polar surface area (TPSA) is 127 Å². The Balaban J connectivity index is 2.14. The van der Waals surface area contributed by atoms with Gasteiger partial charge in [0, 0.05) is 6.20 Å². The molecule has 0 aromatic carbocycles. The Morgan fingerprint density at radius 1 is 1.28 bits per heavy atom. The van der Waals surface area contributed by atoms with Crippen LogP contribution in [0.15, 0.2) is 12.5 Å². The molecule has 9 heteroatoms. The van der Waals surface area contributed by atoms with Crippen molar-refractivity contribution in [3.63, 3.8) is 0 Å². The van der Waals surface area contributed by atoms with Crippen LogP contribution in [0.1, 0.15) is 11.8 Å². The van der Waals surface area contributed by atoms with Crippen molar-refractivity contribution in [3.8, 4) is 11.5 Å². The molecule has 0 spiro atoms. The van der Waals surface area contributed by atoms with E-state index >= 15 is 0 Å². The first-order chi connectivity index (χ1) is 11.7. The number of aliphatic hydroxyl groups excluding tert-OH is 3. The maximum atomic E-state index is 10.3. The van der Waals surface area contributed by atoms with E-state index in [1.807, 2.05) is 0 Å². The summed E-state index contributed by atoms with van der Waals surface area (Å²) < 4.78 is 7.19. The number of hydrogen-bond acceptors (Lipinski definition) is 7. The number of nitrogens with two attached hydrogens (primary N) is 1. The average molecular weight is 362 g/mol. The SMILES string of the molecule is C[Si](C)(C)C#Cc1cn([C@@H]2O[C@H](CO)C(O)C2O)c2ncnc(N)c12. The number of nitrogen functional groups attached to an aromatic ring is 1. The van der Waals surface area contributed by atoms with Crippen molar-refractivity contribution < 1.29 is 20.1 Å². The van der Waals surface area contributed by atoms with E-state index in [1.165, 1.54) is 6.33 Å². The summed E-state index contributed by atoms with van der Waals surface area (Å²) in [6.07, 6.45) is -1.14. The number of nitrogens with zero attached hydrogens (tertiary/aromatic N) is 3. The second-order valence-electron chi connectivity index (χ2n) is 7.14. The van der Waals surface area contributed by atoms with Crippen LogP contribution in [-0.2, 0) is 4.74 Å². The molecule has 4 atom stereocenters. The van der Waals surface area contributed by atoms with E-state index in [9.17, 15) is 15.3 Å². The van der Waals surface area contributed by atoms with Gasteiger partial charge in [0.1, 0.15) is 44.2 Å². The zero-order valence-electron chi connectivity index (χ0n) is 14.3. The monoisotopic (exact) mass is 362 g/mol. The van der Waals surface area contributed by atoms with Crippen molar-refractivity contribution >= 4 is 24.9 Å². The van der Waals surface area contributed by atoms with Gasteiger partial charge in [-0.3, -0.25) is 0 Å². The van der Waals surface area contributed by atoms with Crippen molar-refractivity contribution in [2.45, 2.75) is 44.2 Å². The highest BCUT2D eigenvalue weighted by atomic mass is 28.3. The van der Waals surface area contributed by atoms with E-state index in [1.54, 1.807) is 10.8 Å². The zero-order valence-corrected chi connectivity index (χ0v) is 15.3. The highest BCUT2D eigenvalue weighted by Gasteiger charge is 2.44. The van der Waals surface area contributed by atoms with Gasteiger partial charge in [-0.25, -0.2) is 9.97 Å². The second-order valence-corrected chi connectivity index (χ2v) is 11.9. The molecule has 2 aromatic rings. The molecule has 0 radical (unpaired) electrons. The van der Waals surface area contributed by atoms with Gasteiger partial charge in [0.25, 0.3) is 0 Å². The van der Waals surface area contributed by atoms with Crippen LogP contribution in [0.5, 0.6) is 0 Å². The molecule has 1 fully saturated rings. The summed E-state index contributed by atoms with van der Waals surface area (Å²) in [5.41, 5.74) is 10.4. The number of hydrogen-bond donors (Lipinski definition) is 4. The number of aromatic nitrogens is 3. The largest absolute Gasteiger partial charge is 0.394 e. The second kappa shape index (κ2) is 6.40. The van der Waals surface area contributed by atoms with Gasteiger partial charge in [-0.15, -0.1) is 5.54 Å². The number of anilines is 1. The molecule has 0 saturated carbocycles. The minimum atomic E-state index is -1.61. The molecule has 134 valence electrons. The first-order valence-corrected chi connectivity index (χ1v) is 11.5. The molecule has 0 aliphatic carbocycles. The Kier molecular flexibility index (Phi) is 4.57. The van der Waals surface area contributed by atoms with Crippen LogP contribution in [0.3, 0.4) is 0 Å². The van der Waals surface area contributed by atoms with Crippen LogP contribution >= 0.6 is 0 Å². The predicted molar refractivity (Wildman–Crippen MR) is 95.2 cm³/mol. The van der Waals surface area contributed by atoms with E-state index in [4.69, 9.17) is 10.5 Å². The van der Waals surface area contributed by atoms with Crippen LogP contribution in [0.25, 0.3) is 11.0 Å². The maximum Gasteiger partial charge on any atom is 0.164 e. The third kappa shape index (κ3) is 3.27. The minimum absolute atomic E-state index is 0.287. The summed E-state index contributed by atoms with van der Waals surface area (Å²) in [4.78, 5) is 8.26. The summed E-state index contributed by atoms with van der Waals surface area (Å²) in [6.45, 7) is 5.99. The van der Waals surface area contributed by atoms with Crippen molar-refractivity contribution in [3.05, 3.63) is 18.1 Å². The average Bonchev–Trinajstić information content (AvgIpc) is 3.05. The van der Waals surface area contributed by atoms with Crippen molar-refractivity contribution in [1.82, 2.24) is 14.5 Å². The zero-order chi connectivity index (χ0) is 18.4. The molecule has 3 heterocycles. The van der Waals surface area contributed by atoms with E-state index in [0.717, 1.165) is 0 Å². The van der Waals surface area contributed by atoms with Crippen molar-refractivity contribution in [2.75, 3.05) is 12.3 Å². The molecular weight excluding hydrogens is 340 g/mol. The van der Waals surface area contributed by atoms with Gasteiger partial charge < -0.3 is 30.4 Å². The predicted octanol–water partition coefficient (Wildman–Crippen LogP) is -0.146. The molecule has 2 aromatic heterocycles. The fraction of sp³-hybridized carbons (Fsp3) is 0.500. The lowest BCUT2D eigenvalue weighted by atomic mass is 10.1. The fourth-order valence-corrected chi connectivity index (χ4v) is 3.27. The Morgan fingerprint density at radius 3 is 2.60 bits per heavy atom. The van der Waals surface area contributed by atoms with Crippen LogP contribution in [0.4, 0.5) is 5.82 Å². The van der Waals surface area contributed by atoms with Crippen LogP contribution in [-0.4, -0.2) is 62.8 Å². The molecular formula is C16H22N4O4Si. The summed E-state index contributed by atoms with van der Waals surface area (Å²) in [6, 6.07) is 0. The highest BCUT2D eigenvalue weighted by Crippen LogP contribution is 2.34. The fourth-order valence-electron chi connectivity index (χ4n) is 2.76. The quantitative estimate of drug-likeness (QED) is 0.432. The maximum absolute atomic E-state index is 10.3. The minimum Gasteiger partial charge on any atom is -0.394 e. The normalized spacial score (nSPS) is 26.6.